The topological polar surface area (TPSA) is 12.9 Å². The van der Waals surface area contributed by atoms with E-state index in [1.54, 1.807) is 24.4 Å². The number of hydrogen-bond donors (Lipinski definition) is 0. The minimum atomic E-state index is -0.417. The van der Waals surface area contributed by atoms with Crippen molar-refractivity contribution in [3.8, 4) is 11.1 Å². The van der Waals surface area contributed by atoms with Gasteiger partial charge in [0.1, 0.15) is 5.82 Å². The second-order valence-electron chi connectivity index (χ2n) is 2.79. The van der Waals surface area contributed by atoms with Gasteiger partial charge in [-0.15, -0.1) is 0 Å². The zero-order valence-electron chi connectivity index (χ0n) is 7.17. The van der Waals surface area contributed by atoms with Gasteiger partial charge in [0, 0.05) is 11.8 Å². The number of hydrogen-bond acceptors (Lipinski definition) is 1. The maximum atomic E-state index is 12.9. The van der Waals surface area contributed by atoms with Crippen molar-refractivity contribution in [3.63, 3.8) is 0 Å². The number of rotatable bonds is 1. The zero-order valence-corrected chi connectivity index (χ0v) is 7.92. The summed E-state index contributed by atoms with van der Waals surface area (Å²) in [4.78, 5) is 3.85. The van der Waals surface area contributed by atoms with Crippen LogP contribution in [-0.4, -0.2) is 4.98 Å². The van der Waals surface area contributed by atoms with Crippen LogP contribution >= 0.6 is 11.6 Å². The molecule has 2 rings (SSSR count). The van der Waals surface area contributed by atoms with E-state index in [0.717, 1.165) is 11.1 Å². The largest absolute Gasteiger partial charge is 0.254 e. The molecular weight excluding hydrogens is 201 g/mol. The van der Waals surface area contributed by atoms with Crippen LogP contribution in [0.5, 0.6) is 0 Å². The molecule has 1 heterocycles. The normalized spacial score (nSPS) is 10.1. The molecule has 2 aromatic rings. The number of pyridine rings is 1. The molecule has 14 heavy (non-hydrogen) atoms. The fraction of sp³-hybridized carbons (Fsp3) is 0. The first-order valence-corrected chi connectivity index (χ1v) is 4.43. The van der Waals surface area contributed by atoms with Gasteiger partial charge in [-0.25, -0.2) is 4.39 Å². The fourth-order valence-electron chi connectivity index (χ4n) is 1.15. The molecule has 0 N–H and O–H groups in total. The Hall–Kier alpha value is -1.41. The predicted molar refractivity (Wildman–Crippen MR) is 53.5 cm³/mol. The van der Waals surface area contributed by atoms with Gasteiger partial charge in [0.05, 0.1) is 11.2 Å². The standard InChI is InChI=1S/C11H6ClFN/c12-10-6-8(3-4-11(10)13)9-2-1-5-14-7-9/h1-6H. The lowest BCUT2D eigenvalue weighted by Crippen LogP contribution is -1.82. The monoisotopic (exact) mass is 206 g/mol. The summed E-state index contributed by atoms with van der Waals surface area (Å²) < 4.78 is 12.9. The highest BCUT2D eigenvalue weighted by Gasteiger charge is 2.02. The average Bonchev–Trinajstić information content (AvgIpc) is 2.23. The van der Waals surface area contributed by atoms with Gasteiger partial charge in [0.15, 0.2) is 0 Å². The highest BCUT2D eigenvalue weighted by Crippen LogP contribution is 2.23. The van der Waals surface area contributed by atoms with Crippen LogP contribution in [0.2, 0.25) is 5.02 Å². The Labute approximate surface area is 86.2 Å². The van der Waals surface area contributed by atoms with Crippen molar-refractivity contribution in [2.24, 2.45) is 0 Å². The predicted octanol–water partition coefficient (Wildman–Crippen LogP) is 3.34. The SMILES string of the molecule is Fc1ccc(-c2[c]nccc2)cc1Cl. The fourth-order valence-corrected chi connectivity index (χ4v) is 1.33. The lowest BCUT2D eigenvalue weighted by molar-refractivity contribution is 0.628. The number of halogens is 2. The Morgan fingerprint density at radius 2 is 2.14 bits per heavy atom. The zero-order chi connectivity index (χ0) is 9.97. The Bertz CT molecular complexity index is 442. The highest BCUT2D eigenvalue weighted by molar-refractivity contribution is 6.31. The summed E-state index contributed by atoms with van der Waals surface area (Å²) in [5.74, 6) is -0.417. The molecule has 0 aliphatic heterocycles. The third-order valence-corrected chi connectivity index (χ3v) is 2.13. The Morgan fingerprint density at radius 1 is 1.29 bits per heavy atom. The van der Waals surface area contributed by atoms with E-state index in [9.17, 15) is 4.39 Å². The van der Waals surface area contributed by atoms with Crippen LogP contribution in [0.3, 0.4) is 0 Å². The van der Waals surface area contributed by atoms with Crippen LogP contribution < -0.4 is 0 Å². The molecule has 0 aliphatic carbocycles. The number of benzene rings is 1. The smallest absolute Gasteiger partial charge is 0.141 e. The lowest BCUT2D eigenvalue weighted by atomic mass is 10.1. The van der Waals surface area contributed by atoms with Crippen molar-refractivity contribution in [2.45, 2.75) is 0 Å². The molecule has 0 bridgehead atoms. The summed E-state index contributed by atoms with van der Waals surface area (Å²) in [5, 5.41) is 0.111. The molecule has 1 nitrogen and oxygen atoms in total. The van der Waals surface area contributed by atoms with Gasteiger partial charge in [-0.2, -0.15) is 0 Å². The van der Waals surface area contributed by atoms with Crippen LogP contribution in [-0.2, 0) is 0 Å². The number of aromatic nitrogens is 1. The first kappa shape index (κ1) is 9.16. The van der Waals surface area contributed by atoms with Gasteiger partial charge in [-0.3, -0.25) is 4.98 Å². The molecule has 3 heteroatoms. The summed E-state index contributed by atoms with van der Waals surface area (Å²) >= 11 is 5.65. The van der Waals surface area contributed by atoms with Crippen molar-refractivity contribution in [3.05, 3.63) is 53.6 Å². The molecule has 0 saturated carbocycles. The first-order valence-electron chi connectivity index (χ1n) is 4.05. The molecule has 0 unspecified atom stereocenters. The number of nitrogens with zero attached hydrogens (tertiary/aromatic N) is 1. The summed E-state index contributed by atoms with van der Waals surface area (Å²) in [7, 11) is 0. The molecule has 0 atom stereocenters. The second-order valence-corrected chi connectivity index (χ2v) is 3.20. The van der Waals surface area contributed by atoms with Gasteiger partial charge < -0.3 is 0 Å². The third-order valence-electron chi connectivity index (χ3n) is 1.84. The van der Waals surface area contributed by atoms with E-state index in [-0.39, 0.29) is 5.02 Å². The molecule has 0 saturated heterocycles. The van der Waals surface area contributed by atoms with E-state index < -0.39 is 5.82 Å². The minimum absolute atomic E-state index is 0.111. The van der Waals surface area contributed by atoms with Crippen LogP contribution in [0.4, 0.5) is 4.39 Å². The molecule has 1 radical (unpaired) electrons. The Kier molecular flexibility index (Phi) is 2.46. The minimum Gasteiger partial charge on any atom is -0.254 e. The van der Waals surface area contributed by atoms with E-state index in [0.29, 0.717) is 0 Å². The molecule has 69 valence electrons. The van der Waals surface area contributed by atoms with Gasteiger partial charge in [0.25, 0.3) is 0 Å². The first-order chi connectivity index (χ1) is 6.77. The molecule has 1 aromatic carbocycles. The summed E-state index contributed by atoms with van der Waals surface area (Å²) in [5.41, 5.74) is 1.61. The van der Waals surface area contributed by atoms with Crippen LogP contribution in [0.15, 0.2) is 36.5 Å². The molecule has 1 aromatic heterocycles. The average molecular weight is 207 g/mol. The van der Waals surface area contributed by atoms with Crippen molar-refractivity contribution in [2.75, 3.05) is 0 Å². The van der Waals surface area contributed by atoms with Crippen LogP contribution in [0.1, 0.15) is 0 Å². The van der Waals surface area contributed by atoms with E-state index >= 15 is 0 Å². The van der Waals surface area contributed by atoms with Gasteiger partial charge >= 0.3 is 0 Å². The van der Waals surface area contributed by atoms with Gasteiger partial charge in [0.2, 0.25) is 0 Å². The lowest BCUT2D eigenvalue weighted by Gasteiger charge is -2.00. The summed E-state index contributed by atoms with van der Waals surface area (Å²) in [6.07, 6.45) is 4.43. The van der Waals surface area contributed by atoms with Crippen LogP contribution in [0, 0.1) is 12.0 Å². The van der Waals surface area contributed by atoms with Crippen molar-refractivity contribution >= 4 is 11.6 Å². The van der Waals surface area contributed by atoms with E-state index in [4.69, 9.17) is 11.6 Å². The molecule has 0 amide bonds. The van der Waals surface area contributed by atoms with Crippen molar-refractivity contribution in [1.82, 2.24) is 4.98 Å². The van der Waals surface area contributed by atoms with Crippen molar-refractivity contribution < 1.29 is 4.39 Å². The molecule has 0 fully saturated rings. The Morgan fingerprint density at radius 3 is 2.79 bits per heavy atom. The van der Waals surface area contributed by atoms with Crippen LogP contribution in [0.25, 0.3) is 11.1 Å². The Balaban J connectivity index is 2.48. The summed E-state index contributed by atoms with van der Waals surface area (Å²) in [6, 6.07) is 8.18. The van der Waals surface area contributed by atoms with E-state index in [2.05, 4.69) is 11.2 Å². The van der Waals surface area contributed by atoms with Crippen molar-refractivity contribution in [1.29, 1.82) is 0 Å². The third kappa shape index (κ3) is 1.75. The maximum Gasteiger partial charge on any atom is 0.141 e. The van der Waals surface area contributed by atoms with Gasteiger partial charge in [-0.05, 0) is 23.8 Å². The van der Waals surface area contributed by atoms with Gasteiger partial charge in [-0.1, -0.05) is 23.7 Å². The highest BCUT2D eigenvalue weighted by atomic mass is 35.5. The molecular formula is C11H6ClFN. The summed E-state index contributed by atoms with van der Waals surface area (Å²) in [6.45, 7) is 0. The second kappa shape index (κ2) is 3.76. The molecule has 0 aliphatic rings. The maximum absolute atomic E-state index is 12.9. The molecule has 0 spiro atoms. The van der Waals surface area contributed by atoms with E-state index in [1.165, 1.54) is 6.07 Å². The quantitative estimate of drug-likeness (QED) is 0.698. The van der Waals surface area contributed by atoms with E-state index in [1.807, 2.05) is 6.07 Å².